The fourth-order valence-electron chi connectivity index (χ4n) is 1.40. The minimum absolute atomic E-state index is 0.0911. The lowest BCUT2D eigenvalue weighted by atomic mass is 9.94. The minimum Gasteiger partial charge on any atom is -0.394 e. The van der Waals surface area contributed by atoms with Gasteiger partial charge < -0.3 is 20.9 Å². The molecule has 4 N–H and O–H groups in total. The molecule has 0 aromatic heterocycles. The third-order valence-electron chi connectivity index (χ3n) is 3.05. The molecule has 1 aliphatic heterocycles. The predicted octanol–water partition coefficient (Wildman–Crippen LogP) is -0.619. The van der Waals surface area contributed by atoms with Gasteiger partial charge in [-0.15, -0.1) is 0 Å². The van der Waals surface area contributed by atoms with Gasteiger partial charge in [0.05, 0.1) is 18.8 Å². The molecule has 88 valence electrons. The second kappa shape index (κ2) is 4.47. The Hall–Kier alpha value is -0.650. The summed E-state index contributed by atoms with van der Waals surface area (Å²) < 4.78 is 5.11. The standard InChI is InChI=1S/C10H20N2O3/c1-3-9(2,6-13)12-8(14)10(11)4-5-15-7-10/h13H,3-7,11H2,1-2H3,(H,12,14). The summed E-state index contributed by atoms with van der Waals surface area (Å²) in [7, 11) is 0. The predicted molar refractivity (Wildman–Crippen MR) is 56.3 cm³/mol. The number of aliphatic hydroxyl groups is 1. The fraction of sp³-hybridized carbons (Fsp3) is 0.900. The normalized spacial score (nSPS) is 29.9. The van der Waals surface area contributed by atoms with Gasteiger partial charge in [-0.25, -0.2) is 0 Å². The van der Waals surface area contributed by atoms with E-state index in [0.29, 0.717) is 19.4 Å². The van der Waals surface area contributed by atoms with Crippen molar-refractivity contribution in [2.75, 3.05) is 19.8 Å². The maximum atomic E-state index is 11.9. The summed E-state index contributed by atoms with van der Waals surface area (Å²) in [5.74, 6) is -0.238. The Kier molecular flexibility index (Phi) is 3.70. The summed E-state index contributed by atoms with van der Waals surface area (Å²) in [6, 6.07) is 0. The molecule has 1 fully saturated rings. The van der Waals surface area contributed by atoms with Crippen molar-refractivity contribution in [3.8, 4) is 0 Å². The number of hydrogen-bond donors (Lipinski definition) is 3. The lowest BCUT2D eigenvalue weighted by molar-refractivity contribution is -0.128. The maximum Gasteiger partial charge on any atom is 0.243 e. The van der Waals surface area contributed by atoms with Gasteiger partial charge in [0.25, 0.3) is 0 Å². The summed E-state index contributed by atoms with van der Waals surface area (Å²) in [5, 5.41) is 12.0. The Balaban J connectivity index is 2.61. The quantitative estimate of drug-likeness (QED) is 0.585. The second-order valence-corrected chi connectivity index (χ2v) is 4.49. The first-order valence-electron chi connectivity index (χ1n) is 5.26. The van der Waals surface area contributed by atoms with Crippen molar-refractivity contribution in [2.24, 2.45) is 5.73 Å². The van der Waals surface area contributed by atoms with E-state index >= 15 is 0 Å². The zero-order chi connectivity index (χ0) is 11.5. The van der Waals surface area contributed by atoms with Gasteiger partial charge in [-0.3, -0.25) is 4.79 Å². The minimum atomic E-state index is -0.925. The number of carbonyl (C=O) groups excluding carboxylic acids is 1. The first-order chi connectivity index (χ1) is 6.96. The molecule has 2 unspecified atom stereocenters. The van der Waals surface area contributed by atoms with Crippen LogP contribution in [0.1, 0.15) is 26.7 Å². The Bertz CT molecular complexity index is 233. The smallest absolute Gasteiger partial charge is 0.243 e. The highest BCUT2D eigenvalue weighted by Crippen LogP contribution is 2.18. The lowest BCUT2D eigenvalue weighted by Crippen LogP contribution is -2.61. The highest BCUT2D eigenvalue weighted by molar-refractivity contribution is 5.87. The Morgan fingerprint density at radius 3 is 2.80 bits per heavy atom. The first kappa shape index (κ1) is 12.4. The van der Waals surface area contributed by atoms with E-state index in [0.717, 1.165) is 0 Å². The van der Waals surface area contributed by atoms with Gasteiger partial charge in [-0.2, -0.15) is 0 Å². The van der Waals surface area contributed by atoms with Crippen molar-refractivity contribution in [3.63, 3.8) is 0 Å². The number of hydrogen-bond acceptors (Lipinski definition) is 4. The highest BCUT2D eigenvalue weighted by Gasteiger charge is 2.40. The molecule has 1 aliphatic rings. The van der Waals surface area contributed by atoms with Crippen molar-refractivity contribution < 1.29 is 14.6 Å². The first-order valence-corrected chi connectivity index (χ1v) is 5.26. The average molecular weight is 216 g/mol. The molecule has 1 heterocycles. The fourth-order valence-corrected chi connectivity index (χ4v) is 1.40. The molecule has 1 saturated heterocycles. The second-order valence-electron chi connectivity index (χ2n) is 4.49. The van der Waals surface area contributed by atoms with Crippen LogP contribution in [-0.2, 0) is 9.53 Å². The van der Waals surface area contributed by atoms with E-state index in [1.165, 1.54) is 0 Å². The van der Waals surface area contributed by atoms with Crippen molar-refractivity contribution in [3.05, 3.63) is 0 Å². The molecular formula is C10H20N2O3. The summed E-state index contributed by atoms with van der Waals surface area (Å²) in [4.78, 5) is 11.9. The molecule has 0 saturated carbocycles. The highest BCUT2D eigenvalue weighted by atomic mass is 16.5. The van der Waals surface area contributed by atoms with Crippen LogP contribution in [0.4, 0.5) is 0 Å². The van der Waals surface area contributed by atoms with Gasteiger partial charge in [0.15, 0.2) is 0 Å². The van der Waals surface area contributed by atoms with Crippen molar-refractivity contribution in [2.45, 2.75) is 37.8 Å². The molecule has 15 heavy (non-hydrogen) atoms. The largest absolute Gasteiger partial charge is 0.394 e. The Morgan fingerprint density at radius 2 is 2.40 bits per heavy atom. The zero-order valence-electron chi connectivity index (χ0n) is 9.38. The van der Waals surface area contributed by atoms with Gasteiger partial charge in [0.2, 0.25) is 5.91 Å². The molecular weight excluding hydrogens is 196 g/mol. The van der Waals surface area contributed by atoms with Crippen LogP contribution in [0.2, 0.25) is 0 Å². The Labute approximate surface area is 90.0 Å². The van der Waals surface area contributed by atoms with Crippen LogP contribution < -0.4 is 11.1 Å². The third-order valence-corrected chi connectivity index (χ3v) is 3.05. The number of nitrogens with one attached hydrogen (secondary N) is 1. The van der Waals surface area contributed by atoms with Crippen LogP contribution in [0.3, 0.4) is 0 Å². The van der Waals surface area contributed by atoms with E-state index < -0.39 is 11.1 Å². The molecule has 0 bridgehead atoms. The SMILES string of the molecule is CCC(C)(CO)NC(=O)C1(N)CCOC1. The van der Waals surface area contributed by atoms with Crippen LogP contribution in [0.25, 0.3) is 0 Å². The van der Waals surface area contributed by atoms with Gasteiger partial charge in [0.1, 0.15) is 5.54 Å². The Morgan fingerprint density at radius 1 is 1.73 bits per heavy atom. The topological polar surface area (TPSA) is 84.6 Å². The molecule has 1 rings (SSSR count). The number of amides is 1. The monoisotopic (exact) mass is 216 g/mol. The lowest BCUT2D eigenvalue weighted by Gasteiger charge is -2.31. The summed E-state index contributed by atoms with van der Waals surface area (Å²) in [5.41, 5.74) is 4.38. The van der Waals surface area contributed by atoms with Crippen LogP contribution in [0.5, 0.6) is 0 Å². The number of nitrogens with two attached hydrogens (primary N) is 1. The van der Waals surface area contributed by atoms with Crippen molar-refractivity contribution in [1.29, 1.82) is 0 Å². The van der Waals surface area contributed by atoms with Gasteiger partial charge >= 0.3 is 0 Å². The van der Waals surface area contributed by atoms with E-state index in [4.69, 9.17) is 10.5 Å². The van der Waals surface area contributed by atoms with E-state index in [9.17, 15) is 9.90 Å². The van der Waals surface area contributed by atoms with E-state index in [1.54, 1.807) is 6.92 Å². The summed E-state index contributed by atoms with van der Waals surface area (Å²) >= 11 is 0. The molecule has 5 nitrogen and oxygen atoms in total. The summed E-state index contributed by atoms with van der Waals surface area (Å²) in [6.07, 6.45) is 1.19. The van der Waals surface area contributed by atoms with E-state index in [1.807, 2.05) is 6.92 Å². The molecule has 5 heteroatoms. The maximum absolute atomic E-state index is 11.9. The van der Waals surface area contributed by atoms with Crippen LogP contribution in [0.15, 0.2) is 0 Å². The molecule has 0 aromatic rings. The number of aliphatic hydroxyl groups excluding tert-OH is 1. The van der Waals surface area contributed by atoms with Crippen molar-refractivity contribution >= 4 is 5.91 Å². The zero-order valence-corrected chi connectivity index (χ0v) is 9.38. The molecule has 0 aliphatic carbocycles. The van der Waals surface area contributed by atoms with Crippen LogP contribution in [-0.4, -0.2) is 41.9 Å². The van der Waals surface area contributed by atoms with Gasteiger partial charge in [-0.05, 0) is 19.8 Å². The van der Waals surface area contributed by atoms with Gasteiger partial charge in [0, 0.05) is 6.61 Å². The van der Waals surface area contributed by atoms with E-state index in [-0.39, 0.29) is 19.1 Å². The third kappa shape index (κ3) is 2.68. The molecule has 2 atom stereocenters. The van der Waals surface area contributed by atoms with Crippen LogP contribution in [0, 0.1) is 0 Å². The average Bonchev–Trinajstić information content (AvgIpc) is 2.66. The number of rotatable bonds is 4. The molecule has 0 spiro atoms. The van der Waals surface area contributed by atoms with Crippen molar-refractivity contribution in [1.82, 2.24) is 5.32 Å². The van der Waals surface area contributed by atoms with Crippen LogP contribution >= 0.6 is 0 Å². The summed E-state index contributed by atoms with van der Waals surface area (Å²) in [6.45, 7) is 4.39. The molecule has 0 radical (unpaired) electrons. The molecule has 1 amide bonds. The number of carbonyl (C=O) groups is 1. The van der Waals surface area contributed by atoms with E-state index in [2.05, 4.69) is 5.32 Å². The number of ether oxygens (including phenoxy) is 1. The van der Waals surface area contributed by atoms with Gasteiger partial charge in [-0.1, -0.05) is 6.92 Å². The molecule has 0 aromatic carbocycles.